The second-order valence-corrected chi connectivity index (χ2v) is 7.36. The van der Waals surface area contributed by atoms with Crippen molar-refractivity contribution in [3.63, 3.8) is 0 Å². The van der Waals surface area contributed by atoms with E-state index in [0.717, 1.165) is 42.9 Å². The van der Waals surface area contributed by atoms with Crippen LogP contribution in [0.5, 0.6) is 0 Å². The highest BCUT2D eigenvalue weighted by Crippen LogP contribution is 2.23. The number of benzene rings is 2. The minimum atomic E-state index is -3.91. The van der Waals surface area contributed by atoms with Gasteiger partial charge in [0.15, 0.2) is 0 Å². The van der Waals surface area contributed by atoms with Crippen LogP contribution in [0.4, 0.5) is 4.39 Å². The van der Waals surface area contributed by atoms with Crippen LogP contribution < -0.4 is 10.3 Å². The fraction of sp³-hybridized carbons (Fsp3) is 0.235. The number of hydrogen-bond acceptors (Lipinski definition) is 3. The summed E-state index contributed by atoms with van der Waals surface area (Å²) in [5.41, 5.74) is 3.99. The number of carbonyl (C=O) groups excluding carboxylic acids is 1. The number of fused-ring (bicyclic) bond motifs is 1. The van der Waals surface area contributed by atoms with E-state index in [9.17, 15) is 17.6 Å². The number of carbonyl (C=O) groups is 1. The van der Waals surface area contributed by atoms with Crippen molar-refractivity contribution in [1.82, 2.24) is 10.3 Å². The van der Waals surface area contributed by atoms with Crippen LogP contribution in [-0.2, 0) is 22.9 Å². The summed E-state index contributed by atoms with van der Waals surface area (Å²) in [7, 11) is -3.91. The molecule has 0 spiro atoms. The molecule has 126 valence electrons. The van der Waals surface area contributed by atoms with E-state index in [1.165, 1.54) is 24.3 Å². The van der Waals surface area contributed by atoms with Gasteiger partial charge in [-0.2, -0.15) is 0 Å². The molecule has 0 aliphatic heterocycles. The van der Waals surface area contributed by atoms with Crippen molar-refractivity contribution in [1.29, 1.82) is 0 Å². The molecule has 0 unspecified atom stereocenters. The number of rotatable bonds is 4. The van der Waals surface area contributed by atoms with E-state index < -0.39 is 21.7 Å². The first-order valence-electron chi connectivity index (χ1n) is 7.66. The van der Waals surface area contributed by atoms with E-state index in [-0.39, 0.29) is 10.5 Å². The Hall–Kier alpha value is -2.25. The Balaban J connectivity index is 1.75. The van der Waals surface area contributed by atoms with Crippen molar-refractivity contribution < 1.29 is 17.6 Å². The number of amides is 1. The molecule has 0 fully saturated rings. The van der Waals surface area contributed by atoms with Crippen LogP contribution in [0.3, 0.4) is 0 Å². The normalized spacial score (nSPS) is 14.0. The highest BCUT2D eigenvalue weighted by Gasteiger charge is 2.19. The molecule has 2 aromatic rings. The molecule has 1 aliphatic rings. The highest BCUT2D eigenvalue weighted by atomic mass is 32.2. The molecule has 0 saturated carbocycles. The summed E-state index contributed by atoms with van der Waals surface area (Å²) in [6, 6.07) is 10.3. The molecule has 5 nitrogen and oxygen atoms in total. The van der Waals surface area contributed by atoms with Crippen LogP contribution in [0, 0.1) is 5.82 Å². The fourth-order valence-electron chi connectivity index (χ4n) is 2.76. The van der Waals surface area contributed by atoms with Crippen LogP contribution in [0.2, 0.25) is 0 Å². The molecule has 3 rings (SSSR count). The fourth-order valence-corrected chi connectivity index (χ4v) is 3.65. The minimum absolute atomic E-state index is 0.0805. The maximum absolute atomic E-state index is 13.5. The second kappa shape index (κ2) is 6.70. The highest BCUT2D eigenvalue weighted by molar-refractivity contribution is 7.89. The smallest absolute Gasteiger partial charge is 0.269 e. The first kappa shape index (κ1) is 16.6. The molecule has 1 amide bonds. The van der Waals surface area contributed by atoms with E-state index >= 15 is 0 Å². The molecular weight excluding hydrogens is 331 g/mol. The lowest BCUT2D eigenvalue weighted by Gasteiger charge is -2.17. The molecule has 0 aromatic heterocycles. The lowest BCUT2D eigenvalue weighted by Crippen LogP contribution is -2.41. The SMILES string of the molecule is O=C(NNS(=O)(=O)c1ccc2c(c1)CCCC2)c1ccccc1F. The van der Waals surface area contributed by atoms with Crippen molar-refractivity contribution in [3.05, 3.63) is 65.0 Å². The number of halogens is 1. The molecule has 0 bridgehead atoms. The third-order valence-corrected chi connectivity index (χ3v) is 5.29. The van der Waals surface area contributed by atoms with E-state index in [1.807, 2.05) is 16.3 Å². The van der Waals surface area contributed by atoms with Gasteiger partial charge in [0, 0.05) is 0 Å². The van der Waals surface area contributed by atoms with Crippen LogP contribution in [0.1, 0.15) is 34.3 Å². The van der Waals surface area contributed by atoms with Gasteiger partial charge in [-0.05, 0) is 61.1 Å². The standard InChI is InChI=1S/C17H17FN2O3S/c18-16-8-4-3-7-15(16)17(21)19-20-24(22,23)14-10-9-12-5-1-2-6-13(12)11-14/h3-4,7-11,20H,1-2,5-6H2,(H,19,21). The van der Waals surface area contributed by atoms with E-state index in [1.54, 1.807) is 6.07 Å². The predicted octanol–water partition coefficient (Wildman–Crippen LogP) is 2.33. The van der Waals surface area contributed by atoms with Gasteiger partial charge in [-0.1, -0.05) is 18.2 Å². The third-order valence-electron chi connectivity index (χ3n) is 4.05. The van der Waals surface area contributed by atoms with Gasteiger partial charge < -0.3 is 0 Å². The summed E-state index contributed by atoms with van der Waals surface area (Å²) < 4.78 is 38.2. The average Bonchev–Trinajstić information content (AvgIpc) is 2.60. The van der Waals surface area contributed by atoms with Gasteiger partial charge in [0.2, 0.25) is 0 Å². The largest absolute Gasteiger partial charge is 0.273 e. The quantitative estimate of drug-likeness (QED) is 0.833. The van der Waals surface area contributed by atoms with Gasteiger partial charge in [0.25, 0.3) is 15.9 Å². The Bertz CT molecular complexity index is 881. The lowest BCUT2D eigenvalue weighted by atomic mass is 9.92. The van der Waals surface area contributed by atoms with Gasteiger partial charge >= 0.3 is 0 Å². The van der Waals surface area contributed by atoms with Crippen LogP contribution in [0.25, 0.3) is 0 Å². The number of hydrogen-bond donors (Lipinski definition) is 2. The van der Waals surface area contributed by atoms with Gasteiger partial charge in [-0.25, -0.2) is 12.8 Å². The summed E-state index contributed by atoms with van der Waals surface area (Å²) >= 11 is 0. The Morgan fingerprint density at radius 1 is 1.00 bits per heavy atom. The zero-order chi connectivity index (χ0) is 17.2. The first-order valence-corrected chi connectivity index (χ1v) is 9.14. The Morgan fingerprint density at radius 3 is 2.46 bits per heavy atom. The third kappa shape index (κ3) is 3.47. The van der Waals surface area contributed by atoms with Crippen molar-refractivity contribution in [2.45, 2.75) is 30.6 Å². The minimum Gasteiger partial charge on any atom is -0.273 e. The van der Waals surface area contributed by atoms with Gasteiger partial charge in [-0.3, -0.25) is 10.2 Å². The number of hydrazine groups is 1. The van der Waals surface area contributed by atoms with E-state index in [4.69, 9.17) is 0 Å². The Labute approximate surface area is 139 Å². The Morgan fingerprint density at radius 2 is 1.71 bits per heavy atom. The summed E-state index contributed by atoms with van der Waals surface area (Å²) in [5, 5.41) is 0. The van der Waals surface area contributed by atoms with Gasteiger partial charge in [-0.15, -0.1) is 4.83 Å². The molecule has 0 heterocycles. The molecule has 0 atom stereocenters. The molecule has 24 heavy (non-hydrogen) atoms. The van der Waals surface area contributed by atoms with Crippen molar-refractivity contribution in [2.24, 2.45) is 0 Å². The first-order chi connectivity index (χ1) is 11.5. The predicted molar refractivity (Wildman–Crippen MR) is 87.3 cm³/mol. The monoisotopic (exact) mass is 348 g/mol. The molecule has 2 N–H and O–H groups in total. The van der Waals surface area contributed by atoms with Crippen molar-refractivity contribution in [2.75, 3.05) is 0 Å². The summed E-state index contributed by atoms with van der Waals surface area (Å²) in [6.07, 6.45) is 3.94. The zero-order valence-electron chi connectivity index (χ0n) is 12.9. The molecular formula is C17H17FN2O3S. The van der Waals surface area contributed by atoms with Crippen LogP contribution in [-0.4, -0.2) is 14.3 Å². The van der Waals surface area contributed by atoms with E-state index in [2.05, 4.69) is 0 Å². The molecule has 2 aromatic carbocycles. The molecule has 7 heteroatoms. The van der Waals surface area contributed by atoms with Gasteiger partial charge in [0.1, 0.15) is 5.82 Å². The Kier molecular flexibility index (Phi) is 4.64. The molecule has 0 radical (unpaired) electrons. The van der Waals surface area contributed by atoms with Crippen molar-refractivity contribution >= 4 is 15.9 Å². The average molecular weight is 348 g/mol. The van der Waals surface area contributed by atoms with E-state index in [0.29, 0.717) is 0 Å². The number of nitrogens with one attached hydrogen (secondary N) is 2. The van der Waals surface area contributed by atoms with Crippen LogP contribution in [0.15, 0.2) is 47.4 Å². The zero-order valence-corrected chi connectivity index (χ0v) is 13.7. The molecule has 0 saturated heterocycles. The second-order valence-electron chi connectivity index (χ2n) is 5.68. The number of aryl methyl sites for hydroxylation is 2. The lowest BCUT2D eigenvalue weighted by molar-refractivity contribution is 0.0941. The summed E-state index contributed by atoms with van der Waals surface area (Å²) in [5.74, 6) is -1.57. The summed E-state index contributed by atoms with van der Waals surface area (Å²) in [4.78, 5) is 14.0. The summed E-state index contributed by atoms with van der Waals surface area (Å²) in [6.45, 7) is 0. The van der Waals surface area contributed by atoms with Crippen molar-refractivity contribution in [3.8, 4) is 0 Å². The maximum Gasteiger partial charge on any atom is 0.269 e. The van der Waals surface area contributed by atoms with Gasteiger partial charge in [0.05, 0.1) is 10.5 Å². The maximum atomic E-state index is 13.5. The van der Waals surface area contributed by atoms with Crippen LogP contribution >= 0.6 is 0 Å². The number of sulfonamides is 1. The molecule has 1 aliphatic carbocycles. The topological polar surface area (TPSA) is 75.3 Å².